The van der Waals surface area contributed by atoms with Crippen LogP contribution in [0.3, 0.4) is 0 Å². The number of methoxy groups -OCH3 is 3. The Kier molecular flexibility index (Phi) is 8.80. The molecular weight excluding hydrogens is 649 g/mol. The van der Waals surface area contributed by atoms with Crippen molar-refractivity contribution < 1.29 is 33.3 Å². The maximum Gasteiger partial charge on any atom is 0.301 e. The van der Waals surface area contributed by atoms with Crippen LogP contribution in [-0.4, -0.2) is 48.3 Å². The van der Waals surface area contributed by atoms with Crippen molar-refractivity contribution in [2.75, 3.05) is 26.2 Å². The highest BCUT2D eigenvalue weighted by molar-refractivity contribution is 9.10. The van der Waals surface area contributed by atoms with Gasteiger partial charge in [0.25, 0.3) is 5.78 Å². The topological polar surface area (TPSA) is 111 Å². The van der Waals surface area contributed by atoms with Crippen molar-refractivity contribution in [1.29, 1.82) is 0 Å². The van der Waals surface area contributed by atoms with Crippen molar-refractivity contribution in [2.24, 2.45) is 0 Å². The van der Waals surface area contributed by atoms with E-state index >= 15 is 0 Å². The summed E-state index contributed by atoms with van der Waals surface area (Å²) in [5.74, 6) is -1.30. The minimum atomic E-state index is -1.11. The summed E-state index contributed by atoms with van der Waals surface area (Å²) in [6.07, 6.45) is 0. The number of ether oxygens (including phenoxy) is 3. The number of hydrogen-bond acceptors (Lipinski definition) is 10. The van der Waals surface area contributed by atoms with Gasteiger partial charge in [0.2, 0.25) is 10.9 Å². The number of thioether (sulfide) groups is 1. The first-order valence-electron chi connectivity index (χ1n) is 12.3. The molecule has 4 aromatic rings. The van der Waals surface area contributed by atoms with Gasteiger partial charge < -0.3 is 19.3 Å². The van der Waals surface area contributed by atoms with Gasteiger partial charge in [-0.2, -0.15) is 0 Å². The molecule has 0 spiro atoms. The third-order valence-electron chi connectivity index (χ3n) is 6.48. The van der Waals surface area contributed by atoms with E-state index < -0.39 is 17.7 Å². The van der Waals surface area contributed by atoms with Gasteiger partial charge in [0.05, 0.1) is 32.9 Å². The zero-order valence-electron chi connectivity index (χ0n) is 22.5. The van der Waals surface area contributed by atoms with Crippen LogP contribution in [0.25, 0.3) is 5.76 Å². The number of aliphatic hydroxyl groups excluding tert-OH is 1. The van der Waals surface area contributed by atoms with Gasteiger partial charge in [0, 0.05) is 15.8 Å². The molecule has 0 bridgehead atoms. The number of carbonyl (C=O) groups excluding carboxylic acids is 2. The molecule has 0 saturated carbocycles. The molecule has 13 heteroatoms. The largest absolute Gasteiger partial charge is 0.507 e. The zero-order valence-corrected chi connectivity index (χ0v) is 25.7. The van der Waals surface area contributed by atoms with Crippen LogP contribution in [0, 0.1) is 5.82 Å². The highest BCUT2D eigenvalue weighted by Crippen LogP contribution is 2.48. The van der Waals surface area contributed by atoms with Crippen LogP contribution in [0.15, 0.2) is 75.0 Å². The Morgan fingerprint density at radius 2 is 1.69 bits per heavy atom. The Hall–Kier alpha value is -3.94. The second-order valence-corrected chi connectivity index (χ2v) is 12.0. The van der Waals surface area contributed by atoms with E-state index in [1.54, 1.807) is 54.6 Å². The predicted molar refractivity (Wildman–Crippen MR) is 161 cm³/mol. The molecule has 0 aliphatic carbocycles. The molecule has 1 unspecified atom stereocenters. The zero-order chi connectivity index (χ0) is 30.0. The number of benzene rings is 3. The Labute approximate surface area is 257 Å². The van der Waals surface area contributed by atoms with Crippen LogP contribution in [-0.2, 0) is 15.3 Å². The van der Waals surface area contributed by atoms with Gasteiger partial charge in [-0.05, 0) is 41.5 Å². The third-order valence-corrected chi connectivity index (χ3v) is 9.11. The molecule has 42 heavy (non-hydrogen) atoms. The van der Waals surface area contributed by atoms with Crippen LogP contribution < -0.4 is 19.1 Å². The fourth-order valence-corrected chi connectivity index (χ4v) is 6.60. The minimum absolute atomic E-state index is 0.127. The van der Waals surface area contributed by atoms with E-state index in [1.165, 1.54) is 44.1 Å². The molecule has 0 radical (unpaired) electrons. The SMILES string of the molecule is COc1cc(C2/C(=C(/O)c3ccc(Br)cc3)C(=O)C(=O)N2c2nnc(SCc3ccccc3F)s2)cc(OC)c1OC. The molecule has 1 fully saturated rings. The van der Waals surface area contributed by atoms with E-state index in [1.807, 2.05) is 0 Å². The second-order valence-electron chi connectivity index (χ2n) is 8.87. The van der Waals surface area contributed by atoms with Crippen molar-refractivity contribution in [1.82, 2.24) is 10.2 Å². The molecule has 1 aromatic heterocycles. The van der Waals surface area contributed by atoms with Crippen LogP contribution in [0.1, 0.15) is 22.7 Å². The standard InChI is InChI=1S/C29H23BrFN3O6S2/c1-38-20-12-17(13-21(39-2)26(20)40-3)23-22(24(35)15-8-10-18(30)11-9-15)25(36)27(37)34(23)28-32-33-29(42-28)41-14-16-6-4-5-7-19(16)31/h4-13,23,35H,14H2,1-3H3/b24-22-. The molecule has 1 aliphatic heterocycles. The Balaban J connectivity index is 1.62. The molecule has 1 N–H and O–H groups in total. The highest BCUT2D eigenvalue weighted by atomic mass is 79.9. The number of Topliss-reactive ketones (excluding diaryl/α,β-unsaturated/α-hetero) is 1. The summed E-state index contributed by atoms with van der Waals surface area (Å²) in [6, 6.07) is 15.2. The summed E-state index contributed by atoms with van der Waals surface area (Å²) in [6.45, 7) is 0. The smallest absolute Gasteiger partial charge is 0.301 e. The molecular formula is C29H23BrFN3O6S2. The van der Waals surface area contributed by atoms with Crippen LogP contribution >= 0.6 is 39.0 Å². The molecule has 1 amide bonds. The summed E-state index contributed by atoms with van der Waals surface area (Å²) in [5, 5.41) is 19.9. The number of amides is 1. The van der Waals surface area contributed by atoms with Crippen molar-refractivity contribution in [3.8, 4) is 17.2 Å². The number of aromatic nitrogens is 2. The minimum Gasteiger partial charge on any atom is -0.507 e. The van der Waals surface area contributed by atoms with Crippen LogP contribution in [0.2, 0.25) is 0 Å². The lowest BCUT2D eigenvalue weighted by Gasteiger charge is -2.24. The van der Waals surface area contributed by atoms with Crippen LogP contribution in [0.5, 0.6) is 17.2 Å². The number of anilines is 1. The first-order valence-corrected chi connectivity index (χ1v) is 14.9. The number of hydrogen-bond donors (Lipinski definition) is 1. The van der Waals surface area contributed by atoms with E-state index in [4.69, 9.17) is 14.2 Å². The van der Waals surface area contributed by atoms with Gasteiger partial charge in [-0.25, -0.2) is 4.39 Å². The van der Waals surface area contributed by atoms with E-state index in [2.05, 4.69) is 26.1 Å². The van der Waals surface area contributed by atoms with Gasteiger partial charge in [-0.1, -0.05) is 69.4 Å². The Bertz CT molecular complexity index is 1670. The maximum atomic E-state index is 14.1. The molecule has 5 rings (SSSR count). The fourth-order valence-electron chi connectivity index (χ4n) is 4.48. The molecule has 1 saturated heterocycles. The molecule has 1 aliphatic rings. The summed E-state index contributed by atoms with van der Waals surface area (Å²) in [4.78, 5) is 28.3. The maximum absolute atomic E-state index is 14.1. The van der Waals surface area contributed by atoms with Crippen molar-refractivity contribution in [2.45, 2.75) is 16.1 Å². The lowest BCUT2D eigenvalue weighted by molar-refractivity contribution is -0.132. The number of ketones is 1. The van der Waals surface area contributed by atoms with E-state index in [0.717, 1.165) is 15.8 Å². The summed E-state index contributed by atoms with van der Waals surface area (Å²) in [5.41, 5.74) is 1.09. The second kappa shape index (κ2) is 12.5. The number of carbonyl (C=O) groups is 2. The normalized spacial score (nSPS) is 16.1. The molecule has 1 atom stereocenters. The number of halogens is 2. The fraction of sp³-hybridized carbons (Fsp3) is 0.172. The molecule has 9 nitrogen and oxygen atoms in total. The van der Waals surface area contributed by atoms with Crippen molar-refractivity contribution in [3.05, 3.63) is 93.2 Å². The average molecular weight is 673 g/mol. The first kappa shape index (κ1) is 29.5. The lowest BCUT2D eigenvalue weighted by Crippen LogP contribution is -2.29. The molecule has 2 heterocycles. The highest BCUT2D eigenvalue weighted by Gasteiger charge is 2.49. The lowest BCUT2D eigenvalue weighted by atomic mass is 9.95. The van der Waals surface area contributed by atoms with Gasteiger partial charge >= 0.3 is 5.91 Å². The third kappa shape index (κ3) is 5.59. The van der Waals surface area contributed by atoms with Gasteiger partial charge in [-0.3, -0.25) is 14.5 Å². The van der Waals surface area contributed by atoms with Crippen molar-refractivity contribution >= 4 is 61.6 Å². The molecule has 3 aromatic carbocycles. The summed E-state index contributed by atoms with van der Waals surface area (Å²) < 4.78 is 31.9. The Morgan fingerprint density at radius 1 is 1.02 bits per heavy atom. The van der Waals surface area contributed by atoms with E-state index in [0.29, 0.717) is 44.0 Å². The summed E-state index contributed by atoms with van der Waals surface area (Å²) >= 11 is 5.68. The van der Waals surface area contributed by atoms with Crippen LogP contribution in [0.4, 0.5) is 9.52 Å². The quantitative estimate of drug-likeness (QED) is 0.0712. The summed E-state index contributed by atoms with van der Waals surface area (Å²) in [7, 11) is 4.36. The van der Waals surface area contributed by atoms with Crippen molar-refractivity contribution in [3.63, 3.8) is 0 Å². The number of nitrogens with zero attached hydrogens (tertiary/aromatic N) is 3. The monoisotopic (exact) mass is 671 g/mol. The number of rotatable bonds is 9. The van der Waals surface area contributed by atoms with Gasteiger partial charge in [-0.15, -0.1) is 10.2 Å². The van der Waals surface area contributed by atoms with E-state index in [9.17, 15) is 19.1 Å². The Morgan fingerprint density at radius 3 is 2.31 bits per heavy atom. The molecule has 216 valence electrons. The number of aliphatic hydroxyl groups is 1. The van der Waals surface area contributed by atoms with Gasteiger partial charge in [0.1, 0.15) is 11.6 Å². The average Bonchev–Trinajstić information content (AvgIpc) is 3.57. The van der Waals surface area contributed by atoms with E-state index in [-0.39, 0.29) is 22.3 Å². The first-order chi connectivity index (χ1) is 20.3. The predicted octanol–water partition coefficient (Wildman–Crippen LogP) is 6.38. The van der Waals surface area contributed by atoms with Gasteiger partial charge in [0.15, 0.2) is 15.8 Å².